The van der Waals surface area contributed by atoms with Gasteiger partial charge in [-0.15, -0.1) is 0 Å². The Bertz CT molecular complexity index is 838. The Labute approximate surface area is 133 Å². The number of nitriles is 3. The molecular formula is C14H12N4O4S. The highest BCUT2D eigenvalue weighted by Gasteiger charge is 2.17. The number of hydrogen-bond acceptors (Lipinski definition) is 8. The first-order chi connectivity index (χ1) is 10.9. The fraction of sp³-hybridized carbons (Fsp3) is 0.214. The number of aliphatic hydroxyl groups excluding tert-OH is 1. The minimum absolute atomic E-state index is 0.0948. The molecule has 0 atom stereocenters. The van der Waals surface area contributed by atoms with E-state index >= 15 is 0 Å². The molecule has 0 fully saturated rings. The van der Waals surface area contributed by atoms with Crippen LogP contribution < -0.4 is 10.1 Å². The molecule has 0 aliphatic rings. The van der Waals surface area contributed by atoms with Gasteiger partial charge in [0.2, 0.25) is 0 Å². The summed E-state index contributed by atoms with van der Waals surface area (Å²) < 4.78 is 29.0. The van der Waals surface area contributed by atoms with Crippen molar-refractivity contribution in [1.82, 2.24) is 0 Å². The number of nitrogens with one attached hydrogen (secondary N) is 1. The first kappa shape index (κ1) is 18.0. The van der Waals surface area contributed by atoms with Gasteiger partial charge in [0.1, 0.15) is 29.7 Å². The molecule has 8 nitrogen and oxygen atoms in total. The number of nitrogens with zero attached hydrogens (tertiary/aromatic N) is 3. The SMILES string of the molecule is COc1ccc(S(=O)(=O)CCO)cc1NC(C#N)=C(C#N)C#N. The lowest BCUT2D eigenvalue weighted by molar-refractivity contribution is 0.319. The van der Waals surface area contributed by atoms with E-state index in [2.05, 4.69) is 5.32 Å². The van der Waals surface area contributed by atoms with Gasteiger partial charge in [0.15, 0.2) is 15.4 Å². The minimum atomic E-state index is -3.71. The number of rotatable bonds is 6. The Kier molecular flexibility index (Phi) is 6.11. The van der Waals surface area contributed by atoms with E-state index in [1.54, 1.807) is 18.2 Å². The van der Waals surface area contributed by atoms with E-state index in [0.29, 0.717) is 0 Å². The van der Waals surface area contributed by atoms with Gasteiger partial charge in [0.25, 0.3) is 0 Å². The molecule has 0 aromatic heterocycles. The lowest BCUT2D eigenvalue weighted by Gasteiger charge is -2.12. The van der Waals surface area contributed by atoms with Crippen molar-refractivity contribution in [3.05, 3.63) is 29.5 Å². The predicted molar refractivity (Wildman–Crippen MR) is 79.6 cm³/mol. The molecule has 9 heteroatoms. The van der Waals surface area contributed by atoms with Crippen LogP contribution in [0.2, 0.25) is 0 Å². The highest BCUT2D eigenvalue weighted by molar-refractivity contribution is 7.91. The van der Waals surface area contributed by atoms with Gasteiger partial charge < -0.3 is 15.2 Å². The molecular weight excluding hydrogens is 320 g/mol. The van der Waals surface area contributed by atoms with Crippen LogP contribution in [0.4, 0.5) is 5.69 Å². The summed E-state index contributed by atoms with van der Waals surface area (Å²) in [5, 5.41) is 38.0. The lowest BCUT2D eigenvalue weighted by Crippen LogP contribution is -2.11. The average molecular weight is 332 g/mol. The zero-order chi connectivity index (χ0) is 17.5. The molecule has 0 aliphatic carbocycles. The van der Waals surface area contributed by atoms with Crippen LogP contribution in [-0.2, 0) is 9.84 Å². The van der Waals surface area contributed by atoms with Crippen LogP contribution in [0.25, 0.3) is 0 Å². The van der Waals surface area contributed by atoms with Crippen LogP contribution in [0.3, 0.4) is 0 Å². The fourth-order valence-electron chi connectivity index (χ4n) is 1.63. The first-order valence-corrected chi connectivity index (χ1v) is 7.82. The van der Waals surface area contributed by atoms with E-state index in [-0.39, 0.29) is 22.0 Å². The van der Waals surface area contributed by atoms with Gasteiger partial charge in [-0.3, -0.25) is 0 Å². The average Bonchev–Trinajstić information content (AvgIpc) is 2.54. The van der Waals surface area contributed by atoms with E-state index in [1.165, 1.54) is 25.3 Å². The third-order valence-corrected chi connectivity index (χ3v) is 4.43. The van der Waals surface area contributed by atoms with Gasteiger partial charge in [-0.2, -0.15) is 15.8 Å². The number of benzene rings is 1. The van der Waals surface area contributed by atoms with E-state index in [0.717, 1.165) is 0 Å². The number of aliphatic hydroxyl groups is 1. The quantitative estimate of drug-likeness (QED) is 0.723. The van der Waals surface area contributed by atoms with E-state index < -0.39 is 27.8 Å². The van der Waals surface area contributed by atoms with Crippen molar-refractivity contribution < 1.29 is 18.3 Å². The van der Waals surface area contributed by atoms with Crippen molar-refractivity contribution in [1.29, 1.82) is 15.8 Å². The van der Waals surface area contributed by atoms with Gasteiger partial charge in [0.05, 0.1) is 30.1 Å². The summed E-state index contributed by atoms with van der Waals surface area (Å²) in [6.45, 7) is -0.534. The smallest absolute Gasteiger partial charge is 0.180 e. The molecule has 1 rings (SSSR count). The maximum absolute atomic E-state index is 12.0. The van der Waals surface area contributed by atoms with E-state index in [4.69, 9.17) is 25.6 Å². The molecule has 23 heavy (non-hydrogen) atoms. The number of hydrogen-bond donors (Lipinski definition) is 2. The van der Waals surface area contributed by atoms with Gasteiger partial charge in [-0.1, -0.05) is 0 Å². The number of ether oxygens (including phenoxy) is 1. The second kappa shape index (κ2) is 7.81. The Hall–Kier alpha value is -3.06. The van der Waals surface area contributed by atoms with Crippen molar-refractivity contribution in [3.63, 3.8) is 0 Å². The number of anilines is 1. The molecule has 0 unspecified atom stereocenters. The molecule has 118 valence electrons. The Morgan fingerprint density at radius 3 is 2.39 bits per heavy atom. The molecule has 0 radical (unpaired) electrons. The number of sulfone groups is 1. The summed E-state index contributed by atoms with van der Waals surface area (Å²) in [7, 11) is -2.37. The number of allylic oxidation sites excluding steroid dienone is 2. The van der Waals surface area contributed by atoms with Crippen LogP contribution in [0.15, 0.2) is 34.4 Å². The zero-order valence-corrected chi connectivity index (χ0v) is 12.9. The summed E-state index contributed by atoms with van der Waals surface area (Å²) in [6.07, 6.45) is 0. The molecule has 0 saturated heterocycles. The van der Waals surface area contributed by atoms with Gasteiger partial charge in [-0.25, -0.2) is 8.42 Å². The van der Waals surface area contributed by atoms with Crippen LogP contribution in [0.5, 0.6) is 5.75 Å². The molecule has 0 spiro atoms. The fourth-order valence-corrected chi connectivity index (χ4v) is 2.68. The zero-order valence-electron chi connectivity index (χ0n) is 12.1. The number of methoxy groups -OCH3 is 1. The molecule has 0 saturated carbocycles. The van der Waals surface area contributed by atoms with Crippen molar-refractivity contribution in [3.8, 4) is 24.0 Å². The van der Waals surface area contributed by atoms with Crippen LogP contribution >= 0.6 is 0 Å². The molecule has 0 aliphatic heterocycles. The molecule has 0 amide bonds. The lowest BCUT2D eigenvalue weighted by atomic mass is 10.2. The maximum Gasteiger partial charge on any atom is 0.180 e. The summed E-state index contributed by atoms with van der Waals surface area (Å²) >= 11 is 0. The van der Waals surface area contributed by atoms with E-state index in [1.807, 2.05) is 0 Å². The van der Waals surface area contributed by atoms with E-state index in [9.17, 15) is 8.42 Å². The Balaban J connectivity index is 3.42. The highest BCUT2D eigenvalue weighted by atomic mass is 32.2. The van der Waals surface area contributed by atoms with Gasteiger partial charge in [-0.05, 0) is 18.2 Å². The van der Waals surface area contributed by atoms with Crippen molar-refractivity contribution in [2.45, 2.75) is 4.90 Å². The Morgan fingerprint density at radius 2 is 1.91 bits per heavy atom. The summed E-state index contributed by atoms with van der Waals surface area (Å²) in [6, 6.07) is 8.65. The summed E-state index contributed by atoms with van der Waals surface area (Å²) in [4.78, 5) is -0.0948. The molecule has 1 aromatic carbocycles. The van der Waals surface area contributed by atoms with Crippen molar-refractivity contribution in [2.75, 3.05) is 24.8 Å². The predicted octanol–water partition coefficient (Wildman–Crippen LogP) is 0.698. The van der Waals surface area contributed by atoms with Crippen LogP contribution in [0.1, 0.15) is 0 Å². The second-order valence-corrected chi connectivity index (χ2v) is 6.22. The van der Waals surface area contributed by atoms with Crippen molar-refractivity contribution in [2.24, 2.45) is 0 Å². The van der Waals surface area contributed by atoms with Crippen LogP contribution in [0, 0.1) is 34.0 Å². The monoisotopic (exact) mass is 332 g/mol. The van der Waals surface area contributed by atoms with Gasteiger partial charge in [0, 0.05) is 0 Å². The normalized spacial score (nSPS) is 9.87. The standard InChI is InChI=1S/C14H12N4O4S/c1-22-14-3-2-11(23(20,21)5-4-19)6-12(14)18-13(9-17)10(7-15)8-16/h2-3,6,18-19H,4-5H2,1H3. The minimum Gasteiger partial charge on any atom is -0.495 e. The Morgan fingerprint density at radius 1 is 1.26 bits per heavy atom. The third kappa shape index (κ3) is 4.21. The molecule has 2 N–H and O–H groups in total. The molecule has 0 heterocycles. The van der Waals surface area contributed by atoms with Gasteiger partial charge >= 0.3 is 0 Å². The summed E-state index contributed by atoms with van der Waals surface area (Å²) in [5.41, 5.74) is -0.672. The second-order valence-electron chi connectivity index (χ2n) is 4.11. The first-order valence-electron chi connectivity index (χ1n) is 6.16. The topological polar surface area (TPSA) is 147 Å². The maximum atomic E-state index is 12.0. The van der Waals surface area contributed by atoms with Crippen molar-refractivity contribution >= 4 is 15.5 Å². The van der Waals surface area contributed by atoms with Crippen LogP contribution in [-0.4, -0.2) is 33.0 Å². The third-order valence-electron chi connectivity index (χ3n) is 2.74. The summed E-state index contributed by atoms with van der Waals surface area (Å²) in [5.74, 6) is -0.239. The highest BCUT2D eigenvalue weighted by Crippen LogP contribution is 2.29. The molecule has 1 aromatic rings. The molecule has 0 bridgehead atoms. The largest absolute Gasteiger partial charge is 0.495 e.